The number of rotatable bonds is 5. The highest BCUT2D eigenvalue weighted by Gasteiger charge is 2.45. The Balaban J connectivity index is 1.42. The van der Waals surface area contributed by atoms with Gasteiger partial charge in [0.2, 0.25) is 5.76 Å². The smallest absolute Gasteiger partial charge is 0.420 e. The monoisotopic (exact) mass is 466 g/mol. The fourth-order valence-corrected chi connectivity index (χ4v) is 5.13. The van der Waals surface area contributed by atoms with Gasteiger partial charge in [0.15, 0.2) is 0 Å². The van der Waals surface area contributed by atoms with Gasteiger partial charge in [-0.25, -0.2) is 0 Å². The number of aromatic nitrogens is 2. The molecule has 10 heteroatoms. The topological polar surface area (TPSA) is 72.5 Å². The van der Waals surface area contributed by atoms with E-state index in [1.807, 2.05) is 6.20 Å². The van der Waals surface area contributed by atoms with Crippen molar-refractivity contribution in [3.05, 3.63) is 28.8 Å². The number of carbonyl (C=O) groups is 1. The molecule has 0 bridgehead atoms. The van der Waals surface area contributed by atoms with Gasteiger partial charge in [0, 0.05) is 32.3 Å². The van der Waals surface area contributed by atoms with Crippen molar-refractivity contribution in [1.29, 1.82) is 0 Å². The molecule has 1 N–H and O–H groups in total. The summed E-state index contributed by atoms with van der Waals surface area (Å²) in [7, 11) is 2.09. The van der Waals surface area contributed by atoms with E-state index >= 15 is 0 Å². The Hall–Kier alpha value is -2.33. The summed E-state index contributed by atoms with van der Waals surface area (Å²) in [6, 6.07) is 0. The van der Waals surface area contributed by atoms with Crippen molar-refractivity contribution in [3.8, 4) is 11.3 Å². The molecular weight excluding hydrogens is 437 g/mol. The number of aryl methyl sites for hydroxylation is 2. The lowest BCUT2D eigenvalue weighted by Crippen LogP contribution is -2.32. The number of hydrogen-bond donors (Lipinski definition) is 1. The number of furan rings is 1. The molecule has 2 aromatic rings. The zero-order valence-electron chi connectivity index (χ0n) is 18.7. The predicted octanol–water partition coefficient (Wildman–Crippen LogP) is 3.51. The lowest BCUT2D eigenvalue weighted by molar-refractivity contribution is -0.137. The van der Waals surface area contributed by atoms with Crippen LogP contribution < -0.4 is 5.32 Å². The van der Waals surface area contributed by atoms with Gasteiger partial charge in [0.1, 0.15) is 11.3 Å². The summed E-state index contributed by atoms with van der Waals surface area (Å²) >= 11 is 0. The second-order valence-corrected chi connectivity index (χ2v) is 9.42. The average molecular weight is 467 g/mol. The van der Waals surface area contributed by atoms with Crippen molar-refractivity contribution in [2.75, 3.05) is 33.3 Å². The maximum Gasteiger partial charge on any atom is 0.420 e. The van der Waals surface area contributed by atoms with E-state index in [0.29, 0.717) is 37.6 Å². The summed E-state index contributed by atoms with van der Waals surface area (Å²) in [6.07, 6.45) is 1.55. The first-order valence-corrected chi connectivity index (χ1v) is 11.7. The third-order valence-corrected chi connectivity index (χ3v) is 6.96. The van der Waals surface area contributed by atoms with Crippen LogP contribution >= 0.6 is 0 Å². The van der Waals surface area contributed by atoms with Crippen LogP contribution in [0.2, 0.25) is 0 Å². The van der Waals surface area contributed by atoms with Crippen LogP contribution in [0.3, 0.4) is 0 Å². The molecule has 2 saturated heterocycles. The van der Waals surface area contributed by atoms with Crippen molar-refractivity contribution < 1.29 is 27.1 Å². The number of fused-ring (bicyclic) bond motifs is 3. The fourth-order valence-electron chi connectivity index (χ4n) is 5.13. The van der Waals surface area contributed by atoms with E-state index in [0.717, 1.165) is 44.3 Å². The molecule has 7 nitrogen and oxygen atoms in total. The summed E-state index contributed by atoms with van der Waals surface area (Å²) in [5.41, 5.74) is -0.0348. The van der Waals surface area contributed by atoms with Crippen LogP contribution in [0.15, 0.2) is 10.6 Å². The summed E-state index contributed by atoms with van der Waals surface area (Å²) in [5, 5.41) is 7.11. The van der Waals surface area contributed by atoms with Crippen molar-refractivity contribution in [2.24, 2.45) is 5.92 Å². The molecule has 33 heavy (non-hydrogen) atoms. The molecule has 1 aliphatic carbocycles. The van der Waals surface area contributed by atoms with Gasteiger partial charge >= 0.3 is 6.18 Å². The number of piperidine rings is 1. The molecule has 2 aromatic heterocycles. The van der Waals surface area contributed by atoms with Crippen molar-refractivity contribution in [1.82, 2.24) is 20.0 Å². The maximum absolute atomic E-state index is 14.2. The van der Waals surface area contributed by atoms with Crippen LogP contribution in [0.5, 0.6) is 0 Å². The zero-order valence-corrected chi connectivity index (χ0v) is 18.7. The minimum Gasteiger partial charge on any atom is -0.455 e. The van der Waals surface area contributed by atoms with Crippen LogP contribution in [0.1, 0.15) is 53.1 Å². The van der Waals surface area contributed by atoms with Gasteiger partial charge in [-0.15, -0.1) is 0 Å². The van der Waals surface area contributed by atoms with Crippen LogP contribution in [0, 0.1) is 5.92 Å². The molecule has 5 rings (SSSR count). The molecular formula is C23H29F3N4O3. The van der Waals surface area contributed by atoms with Gasteiger partial charge in [-0.3, -0.25) is 9.48 Å². The highest BCUT2D eigenvalue weighted by molar-refractivity contribution is 5.96. The first-order chi connectivity index (χ1) is 15.8. The average Bonchev–Trinajstić information content (AvgIpc) is 3.50. The van der Waals surface area contributed by atoms with Gasteiger partial charge < -0.3 is 19.4 Å². The van der Waals surface area contributed by atoms with Gasteiger partial charge in [0.05, 0.1) is 17.4 Å². The van der Waals surface area contributed by atoms with E-state index in [-0.39, 0.29) is 24.0 Å². The van der Waals surface area contributed by atoms with E-state index in [9.17, 15) is 18.0 Å². The third-order valence-electron chi connectivity index (χ3n) is 6.96. The minimum atomic E-state index is -4.74. The largest absolute Gasteiger partial charge is 0.455 e. The molecule has 3 aliphatic rings. The maximum atomic E-state index is 14.2. The Bertz CT molecular complexity index is 1020. The number of alkyl halides is 3. The van der Waals surface area contributed by atoms with Crippen LogP contribution in [0.4, 0.5) is 13.2 Å². The third kappa shape index (κ3) is 4.55. The Labute approximate surface area is 190 Å². The van der Waals surface area contributed by atoms with E-state index < -0.39 is 23.4 Å². The number of ether oxygens (including phenoxy) is 1. The molecule has 1 atom stereocenters. The van der Waals surface area contributed by atoms with Crippen molar-refractivity contribution in [2.45, 2.75) is 57.3 Å². The Morgan fingerprint density at radius 1 is 1.24 bits per heavy atom. The van der Waals surface area contributed by atoms with Gasteiger partial charge in [-0.05, 0) is 63.7 Å². The van der Waals surface area contributed by atoms with Crippen LogP contribution in [-0.2, 0) is 30.3 Å². The Morgan fingerprint density at radius 3 is 2.73 bits per heavy atom. The number of nitrogens with zero attached hydrogens (tertiary/aromatic N) is 3. The summed E-state index contributed by atoms with van der Waals surface area (Å²) in [5.74, 6) is -0.906. The molecule has 2 fully saturated rings. The van der Waals surface area contributed by atoms with Crippen molar-refractivity contribution >= 4 is 5.91 Å². The first-order valence-electron chi connectivity index (χ1n) is 11.7. The number of carbonyl (C=O) groups excluding carboxylic acids is 1. The summed E-state index contributed by atoms with van der Waals surface area (Å²) < 4.78 is 55.3. The molecule has 0 radical (unpaired) electrons. The first kappa shape index (κ1) is 22.5. The Morgan fingerprint density at radius 2 is 2.03 bits per heavy atom. The quantitative estimate of drug-likeness (QED) is 0.730. The molecule has 180 valence electrons. The SMILES string of the molecule is CN1CCC(Cn2cc3c(n2)-c2c(oc(C(=O)NC[C@@H]4CCCO4)c2C(F)(F)F)CC3)CC1. The Kier molecular flexibility index (Phi) is 5.98. The highest BCUT2D eigenvalue weighted by atomic mass is 19.4. The van der Waals surface area contributed by atoms with Crippen LogP contribution in [0.25, 0.3) is 11.3 Å². The fraction of sp³-hybridized carbons (Fsp3) is 0.652. The highest BCUT2D eigenvalue weighted by Crippen LogP contribution is 2.46. The molecule has 0 spiro atoms. The molecule has 0 unspecified atom stereocenters. The van der Waals surface area contributed by atoms with Crippen LogP contribution in [-0.4, -0.2) is 60.0 Å². The molecule has 2 aliphatic heterocycles. The molecule has 0 saturated carbocycles. The molecule has 4 heterocycles. The van der Waals surface area contributed by atoms with Crippen molar-refractivity contribution in [3.63, 3.8) is 0 Å². The number of amides is 1. The summed E-state index contributed by atoms with van der Waals surface area (Å²) in [4.78, 5) is 15.0. The van der Waals surface area contributed by atoms with Gasteiger partial charge in [-0.2, -0.15) is 18.3 Å². The standard InChI is InChI=1S/C23H29F3N4O3/c1-29-8-6-14(7-9-29)12-30-13-15-4-5-17-18(20(15)28-30)19(23(24,25)26)21(33-17)22(31)27-11-16-3-2-10-32-16/h13-14,16H,2-12H2,1H3,(H,27,31)/t16-/m0/s1. The van der Waals surface area contributed by atoms with E-state index in [2.05, 4.69) is 22.4 Å². The molecule has 0 aromatic carbocycles. The second kappa shape index (κ2) is 8.79. The van der Waals surface area contributed by atoms with E-state index in [4.69, 9.17) is 9.15 Å². The van der Waals surface area contributed by atoms with E-state index in [1.165, 1.54) is 0 Å². The number of halogens is 3. The van der Waals surface area contributed by atoms with Gasteiger partial charge in [-0.1, -0.05) is 0 Å². The number of likely N-dealkylation sites (tertiary alicyclic amines) is 1. The minimum absolute atomic E-state index is 0.0758. The summed E-state index contributed by atoms with van der Waals surface area (Å²) in [6.45, 7) is 3.48. The lowest BCUT2D eigenvalue weighted by Gasteiger charge is -2.28. The second-order valence-electron chi connectivity index (χ2n) is 9.42. The normalized spacial score (nSPS) is 21.8. The molecule has 1 amide bonds. The zero-order chi connectivity index (χ0) is 23.2. The number of nitrogens with one attached hydrogen (secondary N) is 1. The number of hydrogen-bond acceptors (Lipinski definition) is 5. The van der Waals surface area contributed by atoms with Gasteiger partial charge in [0.25, 0.3) is 5.91 Å². The predicted molar refractivity (Wildman–Crippen MR) is 114 cm³/mol. The lowest BCUT2D eigenvalue weighted by atomic mass is 9.93. The van der Waals surface area contributed by atoms with E-state index in [1.54, 1.807) is 4.68 Å².